The molecular weight excluding hydrogens is 1080 g/mol. The number of methoxy groups -OCH3 is 1. The summed E-state index contributed by atoms with van der Waals surface area (Å²) in [5.41, 5.74) is -0.414. The van der Waals surface area contributed by atoms with Gasteiger partial charge in [-0.1, -0.05) is 94.2 Å². The van der Waals surface area contributed by atoms with E-state index >= 15 is 9.59 Å². The lowest BCUT2D eigenvalue weighted by atomic mass is 9.92. The van der Waals surface area contributed by atoms with Crippen LogP contribution in [-0.4, -0.2) is 210 Å². The lowest BCUT2D eigenvalue weighted by Crippen LogP contribution is -2.63. The van der Waals surface area contributed by atoms with Gasteiger partial charge in [0.2, 0.25) is 47.3 Å². The number of likely N-dealkylation sites (N-methyl/N-ethyl adjacent to an activating group) is 5. The number of ether oxygens (including phenoxy) is 3. The summed E-state index contributed by atoms with van der Waals surface area (Å²) < 4.78 is 16.9. The molecule has 0 unspecified atom stereocenters. The van der Waals surface area contributed by atoms with E-state index in [-0.39, 0.29) is 19.4 Å². The molecule has 3 N–H and O–H groups in total. The van der Waals surface area contributed by atoms with Crippen molar-refractivity contribution in [1.82, 2.24) is 45.3 Å². The highest BCUT2D eigenvalue weighted by molar-refractivity contribution is 5.99. The lowest BCUT2D eigenvalue weighted by Gasteiger charge is -2.41. The molecule has 2 aliphatic rings. The quantitative estimate of drug-likeness (QED) is 0.253. The summed E-state index contributed by atoms with van der Waals surface area (Å²) >= 11 is 0. The highest BCUT2D eigenvalue weighted by Gasteiger charge is 2.46. The Kier molecular flexibility index (Phi) is 26.7. The predicted octanol–water partition coefficient (Wildman–Crippen LogP) is 3.58. The van der Waals surface area contributed by atoms with Crippen molar-refractivity contribution >= 4 is 65.1 Å². The summed E-state index contributed by atoms with van der Waals surface area (Å²) in [6, 6.07) is -3.55. The normalized spacial score (nSPS) is 26.2. The van der Waals surface area contributed by atoms with Crippen LogP contribution in [0.5, 0.6) is 5.75 Å². The molecule has 23 heteroatoms. The van der Waals surface area contributed by atoms with E-state index in [0.717, 1.165) is 9.80 Å². The minimum Gasteiger partial charge on any atom is -0.497 e. The molecule has 2 fully saturated rings. The summed E-state index contributed by atoms with van der Waals surface area (Å²) in [5, 5.41) is 8.30. The van der Waals surface area contributed by atoms with Crippen molar-refractivity contribution in [2.45, 2.75) is 202 Å². The van der Waals surface area contributed by atoms with Gasteiger partial charge in [0.05, 0.1) is 20.1 Å². The Balaban J connectivity index is 2.31. The molecule has 0 saturated carbocycles. The topological polar surface area (TPSA) is 271 Å². The van der Waals surface area contributed by atoms with Gasteiger partial charge in [-0.25, -0.2) is 4.79 Å². The van der Waals surface area contributed by atoms with Crippen LogP contribution in [0.3, 0.4) is 0 Å². The molecule has 2 heterocycles. The minimum atomic E-state index is -1.59. The number of hydrogen-bond acceptors (Lipinski definition) is 14. The van der Waals surface area contributed by atoms with E-state index in [1.54, 1.807) is 100 Å². The highest BCUT2D eigenvalue weighted by Crippen LogP contribution is 2.27. The number of nitrogens with zero attached hydrogens (tertiary/aromatic N) is 6. The van der Waals surface area contributed by atoms with E-state index < -0.39 is 168 Å². The molecule has 0 aliphatic carbocycles. The van der Waals surface area contributed by atoms with Gasteiger partial charge in [0, 0.05) is 48.2 Å². The Morgan fingerprint density at radius 2 is 1.15 bits per heavy atom. The predicted molar refractivity (Wildman–Crippen MR) is 315 cm³/mol. The summed E-state index contributed by atoms with van der Waals surface area (Å²) in [7, 11) is 8.45. The van der Waals surface area contributed by atoms with Crippen LogP contribution in [-0.2, 0) is 68.6 Å². The third-order valence-corrected chi connectivity index (χ3v) is 16.2. The number of nitrogens with one attached hydrogen (secondary N) is 3. The first kappa shape index (κ1) is 71.5. The number of amides is 9. The van der Waals surface area contributed by atoms with Gasteiger partial charge in [-0.15, -0.1) is 0 Å². The van der Waals surface area contributed by atoms with E-state index in [2.05, 4.69) is 16.0 Å². The number of benzene rings is 1. The van der Waals surface area contributed by atoms with Gasteiger partial charge in [-0.2, -0.15) is 0 Å². The Morgan fingerprint density at radius 3 is 1.68 bits per heavy atom. The highest BCUT2D eigenvalue weighted by atomic mass is 16.6. The van der Waals surface area contributed by atoms with Crippen LogP contribution in [0.1, 0.15) is 141 Å². The molecule has 1 aromatic rings. The molecule has 0 bridgehead atoms. The zero-order chi connectivity index (χ0) is 64.0. The van der Waals surface area contributed by atoms with Crippen LogP contribution >= 0.6 is 0 Å². The molecule has 1 aromatic carbocycles. The molecular formula is C61H99N9O14. The standard InChI is InChI=1S/C61H99N9O14/c1-21-37(9)50-52(73)62-33-45(71)66(16)48(35(5)6)53(74)63-42(31-40-26-28-41(82-20)29-27-40)60(81)83-39(11)55(76)70-30-24-23-25-43(70)56(77)67(17)49(36(7)8)54(75)64-47(34(3)4)58(79)65(15)44(32-46(72)84-61(12,13)14)57(78)69(19)51(38(10)22-2)59(80)68(50)18/h26-29,34-39,42-44,47-51H,21-25,30-33H2,1-20H3,(H,62,73)(H,63,74)(H,64,75)/t37-,38-,39-,42-,43-,44-,47+,48-,49-,50-,51-/m0/s1. The number of carbonyl (C=O) groups is 11. The van der Waals surface area contributed by atoms with E-state index in [0.29, 0.717) is 37.0 Å². The van der Waals surface area contributed by atoms with Crippen molar-refractivity contribution in [2.75, 3.05) is 55.4 Å². The average Bonchev–Trinajstić information content (AvgIpc) is 3.43. The molecule has 3 rings (SSSR count). The number of cyclic esters (lactones) is 1. The molecule has 9 amide bonds. The van der Waals surface area contributed by atoms with Crippen LogP contribution in [0.25, 0.3) is 0 Å². The summed E-state index contributed by atoms with van der Waals surface area (Å²) in [5.74, 6) is -10.4. The number of hydrogen-bond donors (Lipinski definition) is 3. The van der Waals surface area contributed by atoms with Crippen molar-refractivity contribution in [3.8, 4) is 5.75 Å². The molecule has 0 aromatic heterocycles. The number of carbonyl (C=O) groups excluding carboxylic acids is 11. The second-order valence-electron chi connectivity index (χ2n) is 24.8. The average molecular weight is 1180 g/mol. The smallest absolute Gasteiger partial charge is 0.329 e. The molecule has 23 nitrogen and oxygen atoms in total. The van der Waals surface area contributed by atoms with Crippen molar-refractivity contribution < 1.29 is 67.0 Å². The molecule has 2 aliphatic heterocycles. The molecule has 11 atom stereocenters. The molecule has 0 spiro atoms. The first-order valence-corrected chi connectivity index (χ1v) is 29.6. The summed E-state index contributed by atoms with van der Waals surface area (Å²) in [6.45, 7) is 23.2. The summed E-state index contributed by atoms with van der Waals surface area (Å²) in [6.07, 6.45) is -0.194. The monoisotopic (exact) mass is 1180 g/mol. The first-order chi connectivity index (χ1) is 39.1. The zero-order valence-electron chi connectivity index (χ0n) is 53.7. The van der Waals surface area contributed by atoms with E-state index in [9.17, 15) is 43.2 Å². The second-order valence-corrected chi connectivity index (χ2v) is 24.8. The van der Waals surface area contributed by atoms with Crippen LogP contribution < -0.4 is 20.7 Å². The fourth-order valence-electron chi connectivity index (χ4n) is 11.0. The molecule has 472 valence electrons. The van der Waals surface area contributed by atoms with Gasteiger partial charge in [-0.3, -0.25) is 47.9 Å². The second kappa shape index (κ2) is 31.4. The SMILES string of the molecule is CC[C@H](C)[C@H]1C(=O)NCC(=O)N(C)[C@@H](C(C)C)C(=O)N[C@@H](Cc2ccc(OC)cc2)C(=O)O[C@@H](C)C(=O)N2CCCC[C@H]2C(=O)N(C)[C@@H](C(C)C)C(=O)N[C@H](C(C)C)C(=O)N(C)[C@@H](CC(=O)OC(C)(C)C)C(=O)N(C)[C@@H]([C@@H](C)CC)C(=O)N1C. The largest absolute Gasteiger partial charge is 0.497 e. The Labute approximate surface area is 498 Å². The van der Waals surface area contributed by atoms with Crippen LogP contribution in [0.2, 0.25) is 0 Å². The van der Waals surface area contributed by atoms with Crippen molar-refractivity contribution in [3.63, 3.8) is 0 Å². The number of rotatable bonds is 12. The minimum absolute atomic E-state index is 0.112. The lowest BCUT2D eigenvalue weighted by molar-refractivity contribution is -0.165. The van der Waals surface area contributed by atoms with Gasteiger partial charge in [0.15, 0.2) is 6.10 Å². The van der Waals surface area contributed by atoms with Gasteiger partial charge in [0.1, 0.15) is 59.7 Å². The van der Waals surface area contributed by atoms with E-state index in [1.165, 1.54) is 68.9 Å². The Bertz CT molecular complexity index is 2500. The third-order valence-electron chi connectivity index (χ3n) is 16.2. The molecule has 2 saturated heterocycles. The fourth-order valence-corrected chi connectivity index (χ4v) is 11.0. The maximum absolute atomic E-state index is 15.2. The zero-order valence-corrected chi connectivity index (χ0v) is 53.7. The number of piperidine rings is 1. The van der Waals surface area contributed by atoms with Crippen LogP contribution in [0, 0.1) is 29.6 Å². The van der Waals surface area contributed by atoms with Gasteiger partial charge in [-0.05, 0) is 94.2 Å². The molecule has 0 radical (unpaired) electrons. The van der Waals surface area contributed by atoms with Crippen molar-refractivity contribution in [2.24, 2.45) is 29.6 Å². The maximum atomic E-state index is 15.2. The Morgan fingerprint density at radius 1 is 0.631 bits per heavy atom. The molecule has 84 heavy (non-hydrogen) atoms. The van der Waals surface area contributed by atoms with E-state index in [4.69, 9.17) is 14.2 Å². The van der Waals surface area contributed by atoms with E-state index in [1.807, 2.05) is 13.8 Å². The first-order valence-electron chi connectivity index (χ1n) is 29.6. The van der Waals surface area contributed by atoms with Gasteiger partial charge >= 0.3 is 11.9 Å². The number of esters is 2. The fraction of sp³-hybridized carbons (Fsp3) is 0.721. The maximum Gasteiger partial charge on any atom is 0.329 e. The van der Waals surface area contributed by atoms with Gasteiger partial charge in [0.25, 0.3) is 5.91 Å². The third kappa shape index (κ3) is 18.3. The number of fused-ring (bicyclic) bond motifs is 1. The van der Waals surface area contributed by atoms with Gasteiger partial charge < -0.3 is 59.6 Å². The van der Waals surface area contributed by atoms with Crippen molar-refractivity contribution in [1.29, 1.82) is 0 Å². The Hall–Kier alpha value is -6.81. The van der Waals surface area contributed by atoms with Crippen LogP contribution in [0.15, 0.2) is 24.3 Å². The summed E-state index contributed by atoms with van der Waals surface area (Å²) in [4.78, 5) is 168. The van der Waals surface area contributed by atoms with Crippen LogP contribution in [0.4, 0.5) is 0 Å². The van der Waals surface area contributed by atoms with Crippen molar-refractivity contribution in [3.05, 3.63) is 29.8 Å².